The number of carbonyl (C=O) groups excluding carboxylic acids is 2. The molecule has 0 radical (unpaired) electrons. The monoisotopic (exact) mass is 511 g/mol. The van der Waals surface area contributed by atoms with Gasteiger partial charge in [-0.25, -0.2) is 17.9 Å². The van der Waals surface area contributed by atoms with Crippen LogP contribution in [0.5, 0.6) is 23.0 Å². The van der Waals surface area contributed by atoms with Crippen LogP contribution in [0.1, 0.15) is 27.6 Å². The van der Waals surface area contributed by atoms with E-state index in [-0.39, 0.29) is 23.0 Å². The maximum absolute atomic E-state index is 13.4. The highest BCUT2D eigenvalue weighted by Gasteiger charge is 2.42. The highest BCUT2D eigenvalue weighted by molar-refractivity contribution is 7.90. The summed E-state index contributed by atoms with van der Waals surface area (Å²) < 4.78 is 54.6. The number of rotatable bonds is 5. The minimum Gasteiger partial charge on any atom is -0.497 e. The van der Waals surface area contributed by atoms with Crippen molar-refractivity contribution in [2.24, 2.45) is 0 Å². The minimum atomic E-state index is -4.23. The Bertz CT molecular complexity index is 1450. The van der Waals surface area contributed by atoms with Crippen molar-refractivity contribution in [3.63, 3.8) is 0 Å². The number of ether oxygens (including phenoxy) is 5. The van der Waals surface area contributed by atoms with Crippen LogP contribution in [0.15, 0.2) is 65.6 Å². The number of hydrogen-bond donors (Lipinski definition) is 1. The molecule has 11 heteroatoms. The van der Waals surface area contributed by atoms with Gasteiger partial charge in [-0.1, -0.05) is 23.8 Å². The van der Waals surface area contributed by atoms with E-state index in [9.17, 15) is 18.0 Å². The Labute approximate surface area is 206 Å². The maximum Gasteiger partial charge on any atom is 0.422 e. The molecule has 2 aliphatic heterocycles. The molecular weight excluding hydrogens is 490 g/mol. The van der Waals surface area contributed by atoms with Gasteiger partial charge < -0.3 is 23.7 Å². The summed E-state index contributed by atoms with van der Waals surface area (Å²) in [7, 11) is -2.76. The first-order valence-electron chi connectivity index (χ1n) is 10.8. The zero-order valence-corrected chi connectivity index (χ0v) is 20.0. The number of sulfonamides is 1. The average Bonchev–Trinajstić information content (AvgIpc) is 3.33. The van der Waals surface area contributed by atoms with Gasteiger partial charge in [-0.3, -0.25) is 4.79 Å². The summed E-state index contributed by atoms with van der Waals surface area (Å²) >= 11 is 0. The van der Waals surface area contributed by atoms with Gasteiger partial charge >= 0.3 is 6.09 Å². The Morgan fingerprint density at radius 2 is 1.72 bits per heavy atom. The van der Waals surface area contributed by atoms with Crippen molar-refractivity contribution >= 4 is 21.9 Å². The molecule has 3 aromatic rings. The Morgan fingerprint density at radius 3 is 2.47 bits per heavy atom. The van der Waals surface area contributed by atoms with Gasteiger partial charge in [0.25, 0.3) is 10.0 Å². The lowest BCUT2D eigenvalue weighted by atomic mass is 9.93. The van der Waals surface area contributed by atoms with E-state index in [0.717, 1.165) is 5.56 Å². The summed E-state index contributed by atoms with van der Waals surface area (Å²) in [5, 5.41) is 0. The predicted molar refractivity (Wildman–Crippen MR) is 125 cm³/mol. The number of carbonyl (C=O) groups is 2. The van der Waals surface area contributed by atoms with Crippen LogP contribution in [0.4, 0.5) is 4.79 Å². The van der Waals surface area contributed by atoms with Gasteiger partial charge in [0, 0.05) is 11.6 Å². The number of amides is 1. The van der Waals surface area contributed by atoms with Crippen molar-refractivity contribution in [3.8, 4) is 23.0 Å². The van der Waals surface area contributed by atoms with Crippen LogP contribution in [-0.2, 0) is 14.8 Å². The molecule has 1 amide bonds. The fourth-order valence-corrected chi connectivity index (χ4v) is 4.77. The van der Waals surface area contributed by atoms with Crippen molar-refractivity contribution in [3.05, 3.63) is 77.4 Å². The van der Waals surface area contributed by atoms with Crippen molar-refractivity contribution < 1.29 is 41.7 Å². The molecule has 3 aromatic carbocycles. The average molecular weight is 512 g/mol. The largest absolute Gasteiger partial charge is 0.497 e. The highest BCUT2D eigenvalue weighted by atomic mass is 32.2. The summed E-state index contributed by atoms with van der Waals surface area (Å²) in [6.45, 7) is 1.85. The van der Waals surface area contributed by atoms with E-state index >= 15 is 0 Å². The third kappa shape index (κ3) is 4.40. The second-order valence-corrected chi connectivity index (χ2v) is 9.80. The van der Waals surface area contributed by atoms with E-state index in [1.54, 1.807) is 49.4 Å². The lowest BCUT2D eigenvalue weighted by Crippen LogP contribution is -2.43. The first-order chi connectivity index (χ1) is 17.2. The van der Waals surface area contributed by atoms with Crippen LogP contribution in [0.2, 0.25) is 0 Å². The fourth-order valence-electron chi connectivity index (χ4n) is 3.89. The highest BCUT2D eigenvalue weighted by Crippen LogP contribution is 2.41. The molecule has 0 saturated heterocycles. The maximum atomic E-state index is 13.4. The molecule has 1 N–H and O–H groups in total. The van der Waals surface area contributed by atoms with Crippen LogP contribution in [0, 0.1) is 6.92 Å². The SMILES string of the molecule is COc1ccc2c(c1)O[C@H](c1ccc3c(c1)OCO3)[C@@H](OC(=O)NS(=O)(=O)c1ccc(C)cc1)C2=O. The second-order valence-electron chi connectivity index (χ2n) is 8.12. The van der Waals surface area contributed by atoms with Gasteiger partial charge in [0.05, 0.1) is 17.6 Å². The molecule has 186 valence electrons. The number of ketones is 1. The van der Waals surface area contributed by atoms with Gasteiger partial charge in [0.15, 0.2) is 17.6 Å². The van der Waals surface area contributed by atoms with E-state index in [0.29, 0.717) is 22.8 Å². The molecule has 2 atom stereocenters. The normalized spacial score (nSPS) is 18.1. The van der Waals surface area contributed by atoms with Gasteiger partial charge in [-0.15, -0.1) is 0 Å². The Hall–Kier alpha value is -4.25. The smallest absolute Gasteiger partial charge is 0.422 e. The van der Waals surface area contributed by atoms with E-state index in [4.69, 9.17) is 23.7 Å². The third-order valence-corrected chi connectivity index (χ3v) is 7.08. The number of methoxy groups -OCH3 is 1. The lowest BCUT2D eigenvalue weighted by molar-refractivity contribution is 0.0106. The first-order valence-corrected chi connectivity index (χ1v) is 12.3. The fraction of sp³-hybridized carbons (Fsp3) is 0.200. The molecule has 0 saturated carbocycles. The number of Topliss-reactive ketones (excluding diaryl/α,β-unsaturated/α-hetero) is 1. The van der Waals surface area contributed by atoms with Crippen LogP contribution in [0.25, 0.3) is 0 Å². The van der Waals surface area contributed by atoms with Gasteiger partial charge in [-0.05, 0) is 43.3 Å². The number of aryl methyl sites for hydroxylation is 1. The lowest BCUT2D eigenvalue weighted by Gasteiger charge is -2.32. The summed E-state index contributed by atoms with van der Waals surface area (Å²) in [5.74, 6) is 1.08. The molecule has 2 aliphatic rings. The van der Waals surface area contributed by atoms with Gasteiger partial charge in [-0.2, -0.15) is 0 Å². The standard InChI is InChI=1S/C25H21NO9S/c1-14-3-7-17(8-4-14)36(29,30)26-25(28)35-24-22(27)18-9-6-16(31-2)12-20(18)34-23(24)15-5-10-19-21(11-15)33-13-32-19/h3-12,23-24H,13H2,1-2H3,(H,26,28)/t23-,24+/m1/s1. The minimum absolute atomic E-state index is 0.0441. The van der Waals surface area contributed by atoms with Gasteiger partial charge in [0.2, 0.25) is 18.7 Å². The molecule has 0 unspecified atom stereocenters. The van der Waals surface area contributed by atoms with E-state index < -0.39 is 34.1 Å². The van der Waals surface area contributed by atoms with Crippen LogP contribution in [0.3, 0.4) is 0 Å². The number of fused-ring (bicyclic) bond motifs is 2. The summed E-state index contributed by atoms with van der Waals surface area (Å²) in [6, 6.07) is 15.4. The van der Waals surface area contributed by atoms with Crippen LogP contribution >= 0.6 is 0 Å². The van der Waals surface area contributed by atoms with Gasteiger partial charge in [0.1, 0.15) is 11.5 Å². The number of benzene rings is 3. The predicted octanol–water partition coefficient (Wildman–Crippen LogP) is 3.53. The topological polar surface area (TPSA) is 126 Å². The Balaban J connectivity index is 1.46. The molecule has 0 aromatic heterocycles. The van der Waals surface area contributed by atoms with Crippen molar-refractivity contribution in [2.45, 2.75) is 24.0 Å². The summed E-state index contributed by atoms with van der Waals surface area (Å²) in [5.41, 5.74) is 1.47. The molecule has 36 heavy (non-hydrogen) atoms. The molecular formula is C25H21NO9S. The number of nitrogens with one attached hydrogen (secondary N) is 1. The molecule has 5 rings (SSSR count). The summed E-state index contributed by atoms with van der Waals surface area (Å²) in [4.78, 5) is 26.0. The molecule has 0 fully saturated rings. The van der Waals surface area contributed by atoms with Crippen LogP contribution < -0.4 is 23.7 Å². The van der Waals surface area contributed by atoms with E-state index in [1.165, 1.54) is 25.3 Å². The van der Waals surface area contributed by atoms with E-state index in [2.05, 4.69) is 0 Å². The third-order valence-electron chi connectivity index (χ3n) is 5.75. The molecule has 2 heterocycles. The molecule has 10 nitrogen and oxygen atoms in total. The molecule has 0 spiro atoms. The zero-order chi connectivity index (χ0) is 25.4. The van der Waals surface area contributed by atoms with Crippen LogP contribution in [-0.4, -0.2) is 40.3 Å². The quantitative estimate of drug-likeness (QED) is 0.547. The Morgan fingerprint density at radius 1 is 0.972 bits per heavy atom. The van der Waals surface area contributed by atoms with Crippen molar-refractivity contribution in [2.75, 3.05) is 13.9 Å². The van der Waals surface area contributed by atoms with Crippen molar-refractivity contribution in [1.29, 1.82) is 0 Å². The molecule has 0 aliphatic carbocycles. The number of hydrogen-bond acceptors (Lipinski definition) is 9. The first kappa shape index (κ1) is 23.5. The van der Waals surface area contributed by atoms with Crippen molar-refractivity contribution in [1.82, 2.24) is 4.72 Å². The second kappa shape index (κ2) is 9.08. The Kier molecular flexibility index (Phi) is 5.92. The summed E-state index contributed by atoms with van der Waals surface area (Å²) in [6.07, 6.45) is -3.90. The van der Waals surface area contributed by atoms with E-state index in [1.807, 2.05) is 4.72 Å². The molecule has 0 bridgehead atoms. The zero-order valence-electron chi connectivity index (χ0n) is 19.2.